The highest BCUT2D eigenvalue weighted by Gasteiger charge is 2.30. The van der Waals surface area contributed by atoms with Crippen molar-refractivity contribution < 1.29 is 19.1 Å². The van der Waals surface area contributed by atoms with Crippen molar-refractivity contribution in [3.63, 3.8) is 0 Å². The zero-order chi connectivity index (χ0) is 13.9. The zero-order valence-electron chi connectivity index (χ0n) is 10.6. The predicted molar refractivity (Wildman–Crippen MR) is 64.8 cm³/mol. The van der Waals surface area contributed by atoms with Crippen molar-refractivity contribution in [2.75, 3.05) is 7.05 Å². The summed E-state index contributed by atoms with van der Waals surface area (Å²) in [6.45, 7) is 3.34. The second-order valence-corrected chi connectivity index (χ2v) is 4.75. The molecule has 1 rings (SSSR count). The molecule has 4 nitrogen and oxygen atoms in total. The minimum Gasteiger partial charge on any atom is -0.481 e. The van der Waals surface area contributed by atoms with Crippen LogP contribution in [0.15, 0.2) is 24.3 Å². The lowest BCUT2D eigenvalue weighted by molar-refractivity contribution is -0.139. The van der Waals surface area contributed by atoms with Gasteiger partial charge in [0.05, 0.1) is 6.42 Å². The van der Waals surface area contributed by atoms with Gasteiger partial charge in [-0.05, 0) is 38.1 Å². The number of nitrogens with zero attached hydrogens (tertiary/aromatic N) is 1. The molecule has 0 aliphatic carbocycles. The number of rotatable bonds is 4. The van der Waals surface area contributed by atoms with E-state index >= 15 is 0 Å². The van der Waals surface area contributed by atoms with Crippen molar-refractivity contribution in [3.05, 3.63) is 35.6 Å². The van der Waals surface area contributed by atoms with E-state index in [9.17, 15) is 14.0 Å². The Kier molecular flexibility index (Phi) is 4.06. The molecule has 5 heteroatoms. The fourth-order valence-corrected chi connectivity index (χ4v) is 1.55. The van der Waals surface area contributed by atoms with Crippen LogP contribution >= 0.6 is 0 Å². The molecule has 0 saturated heterocycles. The normalized spacial score (nSPS) is 11.1. The van der Waals surface area contributed by atoms with Crippen molar-refractivity contribution in [2.24, 2.45) is 0 Å². The van der Waals surface area contributed by atoms with Gasteiger partial charge in [0.2, 0.25) is 0 Å². The van der Waals surface area contributed by atoms with E-state index in [-0.39, 0.29) is 12.3 Å². The molecule has 0 radical (unpaired) electrons. The van der Waals surface area contributed by atoms with Crippen molar-refractivity contribution in [1.29, 1.82) is 0 Å². The standard InChI is InChI=1S/C13H16FNO3/c1-13(2,8-11(16)17)15(3)12(18)9-4-6-10(14)7-5-9/h4-7H,8H2,1-3H3,(H,16,17). The third-order valence-electron chi connectivity index (χ3n) is 2.89. The van der Waals surface area contributed by atoms with Gasteiger partial charge >= 0.3 is 5.97 Å². The first-order valence-corrected chi connectivity index (χ1v) is 5.49. The molecule has 0 atom stereocenters. The fraction of sp³-hybridized carbons (Fsp3) is 0.385. The maximum atomic E-state index is 12.8. The van der Waals surface area contributed by atoms with Crippen LogP contribution in [0, 0.1) is 5.82 Å². The first-order valence-electron chi connectivity index (χ1n) is 5.49. The van der Waals surface area contributed by atoms with E-state index in [0.29, 0.717) is 5.56 Å². The van der Waals surface area contributed by atoms with Gasteiger partial charge in [-0.2, -0.15) is 0 Å². The zero-order valence-corrected chi connectivity index (χ0v) is 10.6. The molecule has 1 amide bonds. The molecule has 0 aliphatic heterocycles. The Balaban J connectivity index is 2.89. The number of hydrogen-bond donors (Lipinski definition) is 1. The van der Waals surface area contributed by atoms with Gasteiger partial charge in [0, 0.05) is 18.2 Å². The molecular weight excluding hydrogens is 237 g/mol. The van der Waals surface area contributed by atoms with E-state index < -0.39 is 17.3 Å². The molecular formula is C13H16FNO3. The summed E-state index contributed by atoms with van der Waals surface area (Å²) in [4.78, 5) is 24.2. The van der Waals surface area contributed by atoms with Crippen molar-refractivity contribution in [1.82, 2.24) is 4.90 Å². The van der Waals surface area contributed by atoms with Crippen LogP contribution < -0.4 is 0 Å². The SMILES string of the molecule is CN(C(=O)c1ccc(F)cc1)C(C)(C)CC(=O)O. The molecule has 0 aliphatic rings. The molecule has 18 heavy (non-hydrogen) atoms. The fourth-order valence-electron chi connectivity index (χ4n) is 1.55. The van der Waals surface area contributed by atoms with E-state index in [2.05, 4.69) is 0 Å². The number of amides is 1. The van der Waals surface area contributed by atoms with E-state index in [1.165, 1.54) is 36.2 Å². The molecule has 0 unspecified atom stereocenters. The number of halogens is 1. The summed E-state index contributed by atoms with van der Waals surface area (Å²) in [5, 5.41) is 8.80. The minimum absolute atomic E-state index is 0.156. The number of benzene rings is 1. The lowest BCUT2D eigenvalue weighted by atomic mass is 9.97. The maximum absolute atomic E-state index is 12.8. The Morgan fingerprint density at radius 2 is 1.78 bits per heavy atom. The van der Waals surface area contributed by atoms with Gasteiger partial charge in [-0.15, -0.1) is 0 Å². The summed E-state index contributed by atoms with van der Waals surface area (Å²) < 4.78 is 12.8. The highest BCUT2D eigenvalue weighted by molar-refractivity contribution is 5.94. The van der Waals surface area contributed by atoms with E-state index in [1.807, 2.05) is 0 Å². The molecule has 1 aromatic rings. The Hall–Kier alpha value is -1.91. The summed E-state index contributed by atoms with van der Waals surface area (Å²) in [5.74, 6) is -1.72. The van der Waals surface area contributed by atoms with E-state index in [0.717, 1.165) is 0 Å². The highest BCUT2D eigenvalue weighted by atomic mass is 19.1. The van der Waals surface area contributed by atoms with Gasteiger partial charge in [0.25, 0.3) is 5.91 Å². The second-order valence-electron chi connectivity index (χ2n) is 4.75. The smallest absolute Gasteiger partial charge is 0.305 e. The average Bonchev–Trinajstić information content (AvgIpc) is 2.26. The van der Waals surface area contributed by atoms with Crippen LogP contribution in [0.1, 0.15) is 30.6 Å². The topological polar surface area (TPSA) is 57.6 Å². The Morgan fingerprint density at radius 1 is 1.28 bits per heavy atom. The Bertz CT molecular complexity index is 454. The second kappa shape index (κ2) is 5.16. The van der Waals surface area contributed by atoms with E-state index in [1.54, 1.807) is 13.8 Å². The quantitative estimate of drug-likeness (QED) is 0.894. The van der Waals surface area contributed by atoms with Crippen LogP contribution in [0.5, 0.6) is 0 Å². The van der Waals surface area contributed by atoms with Gasteiger partial charge in [-0.1, -0.05) is 0 Å². The summed E-state index contributed by atoms with van der Waals surface area (Å²) in [7, 11) is 1.54. The number of carbonyl (C=O) groups is 2. The summed E-state index contributed by atoms with van der Waals surface area (Å²) >= 11 is 0. The molecule has 0 fully saturated rings. The highest BCUT2D eigenvalue weighted by Crippen LogP contribution is 2.19. The van der Waals surface area contributed by atoms with Crippen LogP contribution in [0.4, 0.5) is 4.39 Å². The van der Waals surface area contributed by atoms with Crippen molar-refractivity contribution in [2.45, 2.75) is 25.8 Å². The summed E-state index contributed by atoms with van der Waals surface area (Å²) in [5.41, 5.74) is -0.477. The van der Waals surface area contributed by atoms with Gasteiger partial charge in [-0.25, -0.2) is 4.39 Å². The number of carbonyl (C=O) groups excluding carboxylic acids is 1. The van der Waals surface area contributed by atoms with Crippen molar-refractivity contribution >= 4 is 11.9 Å². The van der Waals surface area contributed by atoms with Crippen LogP contribution in [0.2, 0.25) is 0 Å². The molecule has 1 aromatic carbocycles. The third-order valence-corrected chi connectivity index (χ3v) is 2.89. The van der Waals surface area contributed by atoms with Gasteiger partial charge < -0.3 is 10.0 Å². The predicted octanol–water partition coefficient (Wildman–Crippen LogP) is 2.15. The molecule has 0 spiro atoms. The van der Waals surface area contributed by atoms with Crippen LogP contribution in [-0.4, -0.2) is 34.5 Å². The number of carboxylic acid groups (broad SMARTS) is 1. The largest absolute Gasteiger partial charge is 0.481 e. The van der Waals surface area contributed by atoms with Gasteiger partial charge in [0.15, 0.2) is 0 Å². The lowest BCUT2D eigenvalue weighted by Gasteiger charge is -2.34. The minimum atomic E-state index is -0.973. The number of hydrogen-bond acceptors (Lipinski definition) is 2. The third kappa shape index (κ3) is 3.29. The average molecular weight is 253 g/mol. The molecule has 1 N–H and O–H groups in total. The van der Waals surface area contributed by atoms with E-state index in [4.69, 9.17) is 5.11 Å². The summed E-state index contributed by atoms with van der Waals surface area (Å²) in [6, 6.07) is 5.16. The molecule has 0 heterocycles. The molecule has 0 saturated carbocycles. The van der Waals surface area contributed by atoms with Crippen LogP contribution in [0.3, 0.4) is 0 Å². The number of aliphatic carboxylic acids is 1. The first kappa shape index (κ1) is 14.2. The summed E-state index contributed by atoms with van der Waals surface area (Å²) in [6.07, 6.45) is -0.156. The number of carboxylic acids is 1. The monoisotopic (exact) mass is 253 g/mol. The maximum Gasteiger partial charge on any atom is 0.305 e. The van der Waals surface area contributed by atoms with Crippen molar-refractivity contribution in [3.8, 4) is 0 Å². The molecule has 0 bridgehead atoms. The van der Waals surface area contributed by atoms with Crippen LogP contribution in [-0.2, 0) is 4.79 Å². The Morgan fingerprint density at radius 3 is 2.22 bits per heavy atom. The van der Waals surface area contributed by atoms with Gasteiger partial charge in [0.1, 0.15) is 5.82 Å². The Labute approximate surface area is 105 Å². The van der Waals surface area contributed by atoms with Crippen LogP contribution in [0.25, 0.3) is 0 Å². The lowest BCUT2D eigenvalue weighted by Crippen LogP contribution is -2.46. The molecule has 98 valence electrons. The van der Waals surface area contributed by atoms with Gasteiger partial charge in [-0.3, -0.25) is 9.59 Å². The molecule has 0 aromatic heterocycles. The first-order chi connectivity index (χ1) is 8.24.